The van der Waals surface area contributed by atoms with Gasteiger partial charge in [0.2, 0.25) is 0 Å². The number of aromatic nitrogens is 2. The van der Waals surface area contributed by atoms with Crippen LogP contribution in [-0.2, 0) is 13.6 Å². The summed E-state index contributed by atoms with van der Waals surface area (Å²) in [7, 11) is 1.94. The molecule has 0 aromatic carbocycles. The standard InChI is InChI=1S/C9H14ClN3/c1-12-8(6-9(10)11-12)7-13-4-2-3-5-13/h6H,2-5,7H2,1H3. The Hall–Kier alpha value is -0.540. The van der Waals surface area contributed by atoms with E-state index in [1.807, 2.05) is 17.8 Å². The molecule has 1 aliphatic rings. The minimum absolute atomic E-state index is 0.594. The molecule has 1 aliphatic heterocycles. The van der Waals surface area contributed by atoms with Gasteiger partial charge in [0.25, 0.3) is 0 Å². The first kappa shape index (κ1) is 9.03. The Labute approximate surface area is 83.3 Å². The minimum Gasteiger partial charge on any atom is -0.298 e. The summed E-state index contributed by atoms with van der Waals surface area (Å²) in [6, 6.07) is 1.94. The summed E-state index contributed by atoms with van der Waals surface area (Å²) < 4.78 is 1.86. The molecule has 0 spiro atoms. The summed E-state index contributed by atoms with van der Waals surface area (Å²) in [5.74, 6) is 0. The lowest BCUT2D eigenvalue weighted by Gasteiger charge is -2.13. The van der Waals surface area contributed by atoms with Crippen LogP contribution in [0.15, 0.2) is 6.07 Å². The summed E-state index contributed by atoms with van der Waals surface area (Å²) in [5.41, 5.74) is 1.20. The molecule has 4 heteroatoms. The van der Waals surface area contributed by atoms with Crippen LogP contribution in [0.4, 0.5) is 0 Å². The zero-order chi connectivity index (χ0) is 9.26. The second kappa shape index (κ2) is 3.68. The zero-order valence-electron chi connectivity index (χ0n) is 7.83. The normalized spacial score (nSPS) is 18.3. The van der Waals surface area contributed by atoms with Crippen LogP contribution in [-0.4, -0.2) is 27.8 Å². The van der Waals surface area contributed by atoms with E-state index in [4.69, 9.17) is 11.6 Å². The average molecular weight is 200 g/mol. The molecule has 0 unspecified atom stereocenters. The van der Waals surface area contributed by atoms with Gasteiger partial charge in [-0.15, -0.1) is 0 Å². The molecule has 13 heavy (non-hydrogen) atoms. The Morgan fingerprint density at radius 1 is 1.46 bits per heavy atom. The van der Waals surface area contributed by atoms with Crippen molar-refractivity contribution >= 4 is 11.6 Å². The highest BCUT2D eigenvalue weighted by atomic mass is 35.5. The smallest absolute Gasteiger partial charge is 0.151 e. The summed E-state index contributed by atoms with van der Waals surface area (Å²) >= 11 is 5.80. The van der Waals surface area contributed by atoms with Gasteiger partial charge in [0.15, 0.2) is 5.15 Å². The van der Waals surface area contributed by atoms with Gasteiger partial charge in [-0.2, -0.15) is 5.10 Å². The van der Waals surface area contributed by atoms with Crippen LogP contribution in [0.3, 0.4) is 0 Å². The van der Waals surface area contributed by atoms with E-state index in [0.29, 0.717) is 5.15 Å². The Morgan fingerprint density at radius 2 is 2.15 bits per heavy atom. The third-order valence-corrected chi connectivity index (χ3v) is 2.72. The molecule has 0 saturated carbocycles. The monoisotopic (exact) mass is 199 g/mol. The summed E-state index contributed by atoms with van der Waals surface area (Å²) in [4.78, 5) is 2.44. The van der Waals surface area contributed by atoms with E-state index >= 15 is 0 Å². The highest BCUT2D eigenvalue weighted by Gasteiger charge is 2.13. The van der Waals surface area contributed by atoms with Crippen molar-refractivity contribution in [3.05, 3.63) is 16.9 Å². The molecule has 1 aromatic heterocycles. The van der Waals surface area contributed by atoms with Gasteiger partial charge < -0.3 is 0 Å². The average Bonchev–Trinajstić information content (AvgIpc) is 2.63. The Balaban J connectivity index is 2.03. The largest absolute Gasteiger partial charge is 0.298 e. The SMILES string of the molecule is Cn1nc(Cl)cc1CN1CCCC1. The van der Waals surface area contributed by atoms with E-state index in [1.165, 1.54) is 31.6 Å². The highest BCUT2D eigenvalue weighted by Crippen LogP contribution is 2.14. The topological polar surface area (TPSA) is 21.1 Å². The van der Waals surface area contributed by atoms with E-state index in [0.717, 1.165) is 6.54 Å². The zero-order valence-corrected chi connectivity index (χ0v) is 8.59. The Morgan fingerprint density at radius 3 is 2.69 bits per heavy atom. The molecule has 72 valence electrons. The Kier molecular flexibility index (Phi) is 2.56. The third-order valence-electron chi connectivity index (χ3n) is 2.53. The lowest BCUT2D eigenvalue weighted by atomic mass is 10.4. The number of halogens is 1. The second-order valence-electron chi connectivity index (χ2n) is 3.57. The number of hydrogen-bond donors (Lipinski definition) is 0. The number of rotatable bonds is 2. The summed E-state index contributed by atoms with van der Waals surface area (Å²) in [6.45, 7) is 3.40. The van der Waals surface area contributed by atoms with Gasteiger partial charge in [-0.3, -0.25) is 9.58 Å². The van der Waals surface area contributed by atoms with Crippen LogP contribution >= 0.6 is 11.6 Å². The molecule has 1 fully saturated rings. The van der Waals surface area contributed by atoms with E-state index < -0.39 is 0 Å². The first-order valence-corrected chi connectivity index (χ1v) is 5.04. The van der Waals surface area contributed by atoms with Gasteiger partial charge in [-0.25, -0.2) is 0 Å². The maximum absolute atomic E-state index is 5.80. The van der Waals surface area contributed by atoms with E-state index in [9.17, 15) is 0 Å². The molecular formula is C9H14ClN3. The molecule has 0 bridgehead atoms. The fraction of sp³-hybridized carbons (Fsp3) is 0.667. The fourth-order valence-electron chi connectivity index (χ4n) is 1.79. The molecule has 0 radical (unpaired) electrons. The number of aryl methyl sites for hydroxylation is 1. The predicted octanol–water partition coefficient (Wildman–Crippen LogP) is 1.67. The maximum atomic E-state index is 5.80. The van der Waals surface area contributed by atoms with Crippen molar-refractivity contribution < 1.29 is 0 Å². The van der Waals surface area contributed by atoms with Gasteiger partial charge in [-0.05, 0) is 32.0 Å². The van der Waals surface area contributed by atoms with Crippen molar-refractivity contribution in [2.24, 2.45) is 7.05 Å². The van der Waals surface area contributed by atoms with E-state index in [1.54, 1.807) is 0 Å². The minimum atomic E-state index is 0.594. The van der Waals surface area contributed by atoms with Gasteiger partial charge in [0.05, 0.1) is 5.69 Å². The molecule has 2 rings (SSSR count). The van der Waals surface area contributed by atoms with Crippen molar-refractivity contribution in [1.82, 2.24) is 14.7 Å². The first-order chi connectivity index (χ1) is 6.25. The van der Waals surface area contributed by atoms with Crippen molar-refractivity contribution in [3.8, 4) is 0 Å². The van der Waals surface area contributed by atoms with Crippen LogP contribution in [0, 0.1) is 0 Å². The lowest BCUT2D eigenvalue weighted by molar-refractivity contribution is 0.321. The van der Waals surface area contributed by atoms with Crippen LogP contribution in [0.1, 0.15) is 18.5 Å². The fourth-order valence-corrected chi connectivity index (χ4v) is 2.02. The lowest BCUT2D eigenvalue weighted by Crippen LogP contribution is -2.20. The third kappa shape index (κ3) is 2.03. The van der Waals surface area contributed by atoms with Gasteiger partial charge in [0.1, 0.15) is 0 Å². The van der Waals surface area contributed by atoms with Crippen molar-refractivity contribution in [1.29, 1.82) is 0 Å². The predicted molar refractivity (Wildman–Crippen MR) is 52.7 cm³/mol. The van der Waals surface area contributed by atoms with Crippen LogP contribution in [0.25, 0.3) is 0 Å². The summed E-state index contributed by atoms with van der Waals surface area (Å²) in [6.07, 6.45) is 2.65. The summed E-state index contributed by atoms with van der Waals surface area (Å²) in [5, 5.41) is 4.70. The first-order valence-electron chi connectivity index (χ1n) is 4.66. The molecule has 1 saturated heterocycles. The van der Waals surface area contributed by atoms with E-state index in [-0.39, 0.29) is 0 Å². The molecule has 2 heterocycles. The molecule has 1 aromatic rings. The second-order valence-corrected chi connectivity index (χ2v) is 3.95. The molecule has 0 aliphatic carbocycles. The number of hydrogen-bond acceptors (Lipinski definition) is 2. The maximum Gasteiger partial charge on any atom is 0.151 e. The number of nitrogens with zero attached hydrogens (tertiary/aromatic N) is 3. The molecule has 0 amide bonds. The highest BCUT2D eigenvalue weighted by molar-refractivity contribution is 6.29. The number of likely N-dealkylation sites (tertiary alicyclic amines) is 1. The van der Waals surface area contributed by atoms with Crippen LogP contribution < -0.4 is 0 Å². The van der Waals surface area contributed by atoms with Crippen molar-refractivity contribution in [3.63, 3.8) is 0 Å². The van der Waals surface area contributed by atoms with Gasteiger partial charge in [0, 0.05) is 13.6 Å². The van der Waals surface area contributed by atoms with Crippen LogP contribution in [0.2, 0.25) is 5.15 Å². The van der Waals surface area contributed by atoms with Crippen molar-refractivity contribution in [2.45, 2.75) is 19.4 Å². The van der Waals surface area contributed by atoms with E-state index in [2.05, 4.69) is 10.00 Å². The molecular weight excluding hydrogens is 186 g/mol. The molecule has 3 nitrogen and oxygen atoms in total. The molecule has 0 N–H and O–H groups in total. The van der Waals surface area contributed by atoms with Crippen LogP contribution in [0.5, 0.6) is 0 Å². The quantitative estimate of drug-likeness (QED) is 0.723. The van der Waals surface area contributed by atoms with Crippen molar-refractivity contribution in [2.75, 3.05) is 13.1 Å². The van der Waals surface area contributed by atoms with Gasteiger partial charge in [-0.1, -0.05) is 11.6 Å². The van der Waals surface area contributed by atoms with Gasteiger partial charge >= 0.3 is 0 Å². The molecule has 0 atom stereocenters. The Bertz CT molecular complexity index is 289.